The Morgan fingerprint density at radius 1 is 1.44 bits per heavy atom. The fraction of sp³-hybridized carbons (Fsp3) is 0.154. The van der Waals surface area contributed by atoms with E-state index in [1.54, 1.807) is 17.4 Å². The highest BCUT2D eigenvalue weighted by Crippen LogP contribution is 2.08. The summed E-state index contributed by atoms with van der Waals surface area (Å²) in [6.07, 6.45) is 2.24. The molecule has 2 heterocycles. The molecule has 2 aromatic rings. The molecule has 18 heavy (non-hydrogen) atoms. The van der Waals surface area contributed by atoms with Crippen molar-refractivity contribution >= 4 is 17.2 Å². The number of nitrogens with zero attached hydrogens (tertiary/aromatic N) is 2. The van der Waals surface area contributed by atoms with E-state index in [0.717, 1.165) is 6.42 Å². The van der Waals surface area contributed by atoms with Gasteiger partial charge in [0.1, 0.15) is 11.8 Å². The molecule has 4 nitrogen and oxygen atoms in total. The predicted molar refractivity (Wildman–Crippen MR) is 69.3 cm³/mol. The first-order valence-electron chi connectivity index (χ1n) is 5.46. The zero-order valence-electron chi connectivity index (χ0n) is 9.59. The lowest BCUT2D eigenvalue weighted by Gasteiger charge is -2.03. The predicted octanol–water partition coefficient (Wildman–Crippen LogP) is 1.99. The van der Waals surface area contributed by atoms with Crippen molar-refractivity contribution in [3.05, 3.63) is 52.0 Å². The highest BCUT2D eigenvalue weighted by atomic mass is 32.1. The quantitative estimate of drug-likeness (QED) is 0.910. The van der Waals surface area contributed by atoms with E-state index in [1.807, 2.05) is 23.6 Å². The molecule has 0 aliphatic heterocycles. The van der Waals surface area contributed by atoms with Crippen molar-refractivity contribution in [2.24, 2.45) is 0 Å². The molecular formula is C13H11N3OS. The number of amides is 1. The summed E-state index contributed by atoms with van der Waals surface area (Å²) in [7, 11) is 0. The van der Waals surface area contributed by atoms with Gasteiger partial charge in [-0.15, -0.1) is 11.3 Å². The molecule has 0 spiro atoms. The van der Waals surface area contributed by atoms with Gasteiger partial charge in [0.2, 0.25) is 0 Å². The van der Waals surface area contributed by atoms with Crippen molar-refractivity contribution in [2.45, 2.75) is 6.42 Å². The van der Waals surface area contributed by atoms with E-state index in [4.69, 9.17) is 5.26 Å². The molecule has 5 heteroatoms. The van der Waals surface area contributed by atoms with E-state index < -0.39 is 0 Å². The van der Waals surface area contributed by atoms with Crippen LogP contribution >= 0.6 is 11.3 Å². The molecule has 1 amide bonds. The van der Waals surface area contributed by atoms with Crippen LogP contribution in [0.15, 0.2) is 35.8 Å². The maximum absolute atomic E-state index is 11.7. The van der Waals surface area contributed by atoms with E-state index >= 15 is 0 Å². The minimum atomic E-state index is -0.163. The Morgan fingerprint density at radius 3 is 2.94 bits per heavy atom. The number of rotatable bonds is 4. The SMILES string of the molecule is N#Cc1ccc(C(=O)NCCc2cccs2)cn1. The van der Waals surface area contributed by atoms with Crippen molar-refractivity contribution in [1.82, 2.24) is 10.3 Å². The van der Waals surface area contributed by atoms with Gasteiger partial charge in [-0.3, -0.25) is 4.79 Å². The molecule has 0 aliphatic carbocycles. The summed E-state index contributed by atoms with van der Waals surface area (Å²) < 4.78 is 0. The van der Waals surface area contributed by atoms with E-state index in [1.165, 1.54) is 17.1 Å². The van der Waals surface area contributed by atoms with Crippen LogP contribution in [0.4, 0.5) is 0 Å². The minimum absolute atomic E-state index is 0.163. The van der Waals surface area contributed by atoms with Gasteiger partial charge >= 0.3 is 0 Å². The Kier molecular flexibility index (Phi) is 4.05. The Hall–Kier alpha value is -2.19. The van der Waals surface area contributed by atoms with Crippen LogP contribution in [0.1, 0.15) is 20.9 Å². The summed E-state index contributed by atoms with van der Waals surface area (Å²) in [5.74, 6) is -0.163. The Bertz CT molecular complexity index is 555. The normalized spacial score (nSPS) is 9.72. The van der Waals surface area contributed by atoms with Gasteiger partial charge in [0.05, 0.1) is 5.56 Å². The van der Waals surface area contributed by atoms with Crippen molar-refractivity contribution in [3.8, 4) is 6.07 Å². The van der Waals surface area contributed by atoms with Gasteiger partial charge in [-0.1, -0.05) is 6.07 Å². The molecule has 0 saturated carbocycles. The second-order valence-electron chi connectivity index (χ2n) is 3.63. The molecule has 0 atom stereocenters. The van der Waals surface area contributed by atoms with Crippen molar-refractivity contribution in [2.75, 3.05) is 6.54 Å². The summed E-state index contributed by atoms with van der Waals surface area (Å²) in [5, 5.41) is 13.4. The minimum Gasteiger partial charge on any atom is -0.352 e. The molecule has 90 valence electrons. The lowest BCUT2D eigenvalue weighted by molar-refractivity contribution is 0.0954. The van der Waals surface area contributed by atoms with Gasteiger partial charge in [0.15, 0.2) is 0 Å². The first kappa shape index (κ1) is 12.3. The molecular weight excluding hydrogens is 246 g/mol. The van der Waals surface area contributed by atoms with Crippen LogP contribution in [0.5, 0.6) is 0 Å². The van der Waals surface area contributed by atoms with Crippen LogP contribution in [0.25, 0.3) is 0 Å². The lowest BCUT2D eigenvalue weighted by atomic mass is 10.2. The van der Waals surface area contributed by atoms with Crippen LogP contribution < -0.4 is 5.32 Å². The van der Waals surface area contributed by atoms with E-state index in [2.05, 4.69) is 10.3 Å². The van der Waals surface area contributed by atoms with Crippen molar-refractivity contribution in [1.29, 1.82) is 5.26 Å². The molecule has 0 aromatic carbocycles. The van der Waals surface area contributed by atoms with E-state index in [0.29, 0.717) is 17.8 Å². The molecule has 1 N–H and O–H groups in total. The van der Waals surface area contributed by atoms with Gasteiger partial charge in [0, 0.05) is 17.6 Å². The summed E-state index contributed by atoms with van der Waals surface area (Å²) in [5.41, 5.74) is 0.783. The third-order valence-electron chi connectivity index (χ3n) is 2.38. The highest BCUT2D eigenvalue weighted by Gasteiger charge is 2.05. The summed E-state index contributed by atoms with van der Waals surface area (Å²) >= 11 is 1.68. The molecule has 2 aromatic heterocycles. The van der Waals surface area contributed by atoms with Crippen LogP contribution in [-0.2, 0) is 6.42 Å². The van der Waals surface area contributed by atoms with E-state index in [9.17, 15) is 4.79 Å². The summed E-state index contributed by atoms with van der Waals surface area (Å²) in [4.78, 5) is 16.8. The number of aromatic nitrogens is 1. The highest BCUT2D eigenvalue weighted by molar-refractivity contribution is 7.09. The summed E-state index contributed by atoms with van der Waals surface area (Å²) in [6.45, 7) is 0.597. The smallest absolute Gasteiger partial charge is 0.252 e. The molecule has 0 unspecified atom stereocenters. The van der Waals surface area contributed by atoms with Crippen LogP contribution in [0, 0.1) is 11.3 Å². The maximum Gasteiger partial charge on any atom is 0.252 e. The number of hydrogen-bond acceptors (Lipinski definition) is 4. The third kappa shape index (κ3) is 3.15. The largest absolute Gasteiger partial charge is 0.352 e. The standard InChI is InChI=1S/C13H11N3OS/c14-8-11-4-3-10(9-16-11)13(17)15-6-5-12-2-1-7-18-12/h1-4,7,9H,5-6H2,(H,15,17). The average Bonchev–Trinajstić information content (AvgIpc) is 2.92. The topological polar surface area (TPSA) is 65.8 Å². The molecule has 0 radical (unpaired) electrons. The Labute approximate surface area is 109 Å². The number of hydrogen-bond donors (Lipinski definition) is 1. The monoisotopic (exact) mass is 257 g/mol. The number of nitrogens with one attached hydrogen (secondary N) is 1. The first-order valence-corrected chi connectivity index (χ1v) is 6.34. The van der Waals surface area contributed by atoms with Crippen LogP contribution in [0.2, 0.25) is 0 Å². The maximum atomic E-state index is 11.7. The number of nitriles is 1. The van der Waals surface area contributed by atoms with Crippen molar-refractivity contribution < 1.29 is 4.79 Å². The zero-order valence-corrected chi connectivity index (χ0v) is 10.4. The van der Waals surface area contributed by atoms with Crippen LogP contribution in [-0.4, -0.2) is 17.4 Å². The number of pyridine rings is 1. The first-order chi connectivity index (χ1) is 8.79. The number of carbonyl (C=O) groups excluding carboxylic acids is 1. The van der Waals surface area contributed by atoms with Gasteiger partial charge in [0.25, 0.3) is 5.91 Å². The second-order valence-corrected chi connectivity index (χ2v) is 4.66. The lowest BCUT2D eigenvalue weighted by Crippen LogP contribution is -2.25. The molecule has 2 rings (SSSR count). The van der Waals surface area contributed by atoms with Gasteiger partial charge in [-0.25, -0.2) is 4.98 Å². The van der Waals surface area contributed by atoms with Gasteiger partial charge in [-0.05, 0) is 30.0 Å². The molecule has 0 aliphatic rings. The summed E-state index contributed by atoms with van der Waals surface area (Å²) in [6, 6.07) is 9.09. The Morgan fingerprint density at radius 2 is 2.33 bits per heavy atom. The second kappa shape index (κ2) is 5.94. The zero-order chi connectivity index (χ0) is 12.8. The fourth-order valence-electron chi connectivity index (χ4n) is 1.45. The van der Waals surface area contributed by atoms with Gasteiger partial charge < -0.3 is 5.32 Å². The Balaban J connectivity index is 1.86. The fourth-order valence-corrected chi connectivity index (χ4v) is 2.16. The third-order valence-corrected chi connectivity index (χ3v) is 3.31. The number of thiophene rings is 1. The average molecular weight is 257 g/mol. The molecule has 0 bridgehead atoms. The molecule has 0 saturated heterocycles. The van der Waals surface area contributed by atoms with Gasteiger partial charge in [-0.2, -0.15) is 5.26 Å². The number of carbonyl (C=O) groups is 1. The molecule has 0 fully saturated rings. The van der Waals surface area contributed by atoms with E-state index in [-0.39, 0.29) is 5.91 Å². The van der Waals surface area contributed by atoms with Crippen molar-refractivity contribution in [3.63, 3.8) is 0 Å². The van der Waals surface area contributed by atoms with Crippen LogP contribution in [0.3, 0.4) is 0 Å².